The van der Waals surface area contributed by atoms with Crippen LogP contribution in [0.2, 0.25) is 0 Å². The molecular formula is C15H15ClO4S. The summed E-state index contributed by atoms with van der Waals surface area (Å²) >= 11 is 4.81. The zero-order valence-corrected chi connectivity index (χ0v) is 13.2. The number of halogens is 1. The maximum atomic E-state index is 11.1. The van der Waals surface area contributed by atoms with Crippen LogP contribution in [0.4, 0.5) is 0 Å². The highest BCUT2D eigenvalue weighted by Crippen LogP contribution is 2.32. The third kappa shape index (κ3) is 3.75. The van der Waals surface area contributed by atoms with E-state index in [0.717, 1.165) is 11.1 Å². The van der Waals surface area contributed by atoms with Gasteiger partial charge in [-0.2, -0.15) is 8.42 Å². The Morgan fingerprint density at radius 1 is 0.905 bits per heavy atom. The van der Waals surface area contributed by atoms with Gasteiger partial charge in [0.05, 0.1) is 11.9 Å². The van der Waals surface area contributed by atoms with Crippen LogP contribution < -0.4 is 4.18 Å². The molecule has 0 saturated heterocycles. The Balaban J connectivity index is 2.27. The van der Waals surface area contributed by atoms with Crippen LogP contribution in [0.5, 0.6) is 5.75 Å². The lowest BCUT2D eigenvalue weighted by molar-refractivity contribution is 0.406. The molecule has 4 nitrogen and oxygen atoms in total. The van der Waals surface area contributed by atoms with Gasteiger partial charge in [0.1, 0.15) is 5.75 Å². The first-order chi connectivity index (χ1) is 9.85. The van der Waals surface area contributed by atoms with E-state index in [9.17, 15) is 8.42 Å². The summed E-state index contributed by atoms with van der Waals surface area (Å²) in [5.41, 5.74) is 1.99. The normalized spacial score (nSPS) is 12.1. The number of hydrogen-bond donors (Lipinski definition) is 0. The monoisotopic (exact) mass is 326 g/mol. The molecule has 0 heterocycles. The van der Waals surface area contributed by atoms with Crippen LogP contribution in [0.3, 0.4) is 0 Å². The van der Waals surface area contributed by atoms with Crippen LogP contribution in [0.25, 0.3) is 0 Å². The molecule has 0 aliphatic carbocycles. The molecule has 0 saturated carbocycles. The molecule has 0 aliphatic rings. The minimum absolute atomic E-state index is 0.142. The third-order valence-electron chi connectivity index (χ3n) is 3.35. The van der Waals surface area contributed by atoms with E-state index >= 15 is 0 Å². The molecule has 0 fully saturated rings. The fraction of sp³-hybridized carbons (Fsp3) is 0.200. The predicted octanol–water partition coefficient (Wildman–Crippen LogP) is 3.81. The average molecular weight is 327 g/mol. The summed E-state index contributed by atoms with van der Waals surface area (Å²) in [6, 6.07) is 16.8. The van der Waals surface area contributed by atoms with Crippen molar-refractivity contribution in [3.05, 3.63) is 65.7 Å². The fourth-order valence-corrected chi connectivity index (χ4v) is 2.53. The second kappa shape index (κ2) is 6.05. The smallest absolute Gasteiger partial charge is 0.361 e. The molecule has 0 amide bonds. The summed E-state index contributed by atoms with van der Waals surface area (Å²) in [5.74, 6) is 0.142. The van der Waals surface area contributed by atoms with E-state index in [2.05, 4.69) is 33.9 Å². The van der Waals surface area contributed by atoms with Gasteiger partial charge in [0, 0.05) is 5.41 Å². The first-order valence-electron chi connectivity index (χ1n) is 6.26. The van der Waals surface area contributed by atoms with Crippen LogP contribution in [0.15, 0.2) is 54.6 Å². The minimum atomic E-state index is -4.21. The van der Waals surface area contributed by atoms with Crippen LogP contribution >= 0.6 is 11.9 Å². The Bertz CT molecular complexity index is 694. The molecule has 0 bridgehead atoms. The lowest BCUT2D eigenvalue weighted by Gasteiger charge is -2.26. The summed E-state index contributed by atoms with van der Waals surface area (Å²) in [6.07, 6.45) is 0. The van der Waals surface area contributed by atoms with Gasteiger partial charge < -0.3 is 4.18 Å². The van der Waals surface area contributed by atoms with Gasteiger partial charge in [-0.15, -0.1) is 3.74 Å². The van der Waals surface area contributed by atoms with E-state index in [1.165, 1.54) is 0 Å². The summed E-state index contributed by atoms with van der Waals surface area (Å²) in [6.45, 7) is 4.19. The second-order valence-electron chi connectivity index (χ2n) is 5.07. The second-order valence-corrected chi connectivity index (χ2v) is 6.56. The van der Waals surface area contributed by atoms with Gasteiger partial charge in [-0.25, -0.2) is 0 Å². The number of rotatable bonds is 5. The van der Waals surface area contributed by atoms with Crippen LogP contribution in [0, 0.1) is 0 Å². The molecule has 2 aromatic carbocycles. The van der Waals surface area contributed by atoms with Crippen molar-refractivity contribution in [2.45, 2.75) is 19.3 Å². The van der Waals surface area contributed by atoms with E-state index in [1.54, 1.807) is 12.1 Å². The quantitative estimate of drug-likeness (QED) is 0.838. The molecule has 0 N–H and O–H groups in total. The van der Waals surface area contributed by atoms with E-state index < -0.39 is 10.4 Å². The van der Waals surface area contributed by atoms with Gasteiger partial charge in [0.15, 0.2) is 0 Å². The molecular weight excluding hydrogens is 312 g/mol. The van der Waals surface area contributed by atoms with E-state index in [0.29, 0.717) is 0 Å². The zero-order valence-electron chi connectivity index (χ0n) is 11.6. The Kier molecular flexibility index (Phi) is 4.56. The lowest BCUT2D eigenvalue weighted by atomic mass is 9.78. The fourth-order valence-electron chi connectivity index (χ4n) is 2.08. The first-order valence-corrected chi connectivity index (χ1v) is 7.90. The van der Waals surface area contributed by atoms with Crippen molar-refractivity contribution < 1.29 is 16.3 Å². The zero-order chi connectivity index (χ0) is 15.5. The van der Waals surface area contributed by atoms with Gasteiger partial charge in [-0.1, -0.05) is 56.3 Å². The summed E-state index contributed by atoms with van der Waals surface area (Å²) in [7, 11) is -4.21. The van der Waals surface area contributed by atoms with Crippen molar-refractivity contribution in [2.24, 2.45) is 0 Å². The van der Waals surface area contributed by atoms with Gasteiger partial charge in [-0.3, -0.25) is 0 Å². The molecule has 0 aliphatic heterocycles. The lowest BCUT2D eigenvalue weighted by Crippen LogP contribution is -2.18. The minimum Gasteiger partial charge on any atom is -0.361 e. The largest absolute Gasteiger partial charge is 0.465 e. The Morgan fingerprint density at radius 2 is 1.43 bits per heavy atom. The highest BCUT2D eigenvalue weighted by molar-refractivity contribution is 7.82. The maximum absolute atomic E-state index is 11.1. The van der Waals surface area contributed by atoms with E-state index in [-0.39, 0.29) is 11.2 Å². The Labute approximate surface area is 129 Å². The molecule has 0 spiro atoms. The SMILES string of the molecule is CC(C)(c1ccccc1)c1ccc(OS(=O)(=O)OCl)cc1. The standard InChI is InChI=1S/C15H15ClO4S/c1-15(2,12-6-4-3-5-7-12)13-8-10-14(11-9-13)19-21(17,18)20-16/h3-11H,1-2H3. The van der Waals surface area contributed by atoms with Crippen LogP contribution in [-0.2, 0) is 19.5 Å². The van der Waals surface area contributed by atoms with Crippen molar-refractivity contribution in [3.8, 4) is 5.75 Å². The number of benzene rings is 2. The third-order valence-corrected chi connectivity index (χ3v) is 4.36. The van der Waals surface area contributed by atoms with Crippen molar-refractivity contribution in [3.63, 3.8) is 0 Å². The topological polar surface area (TPSA) is 52.6 Å². The van der Waals surface area contributed by atoms with Gasteiger partial charge >= 0.3 is 10.4 Å². The highest BCUT2D eigenvalue weighted by Gasteiger charge is 2.23. The molecule has 0 atom stereocenters. The Morgan fingerprint density at radius 3 is 1.95 bits per heavy atom. The maximum Gasteiger partial charge on any atom is 0.465 e. The molecule has 0 unspecified atom stereocenters. The van der Waals surface area contributed by atoms with Crippen LogP contribution in [0.1, 0.15) is 25.0 Å². The Hall–Kier alpha value is -1.56. The van der Waals surface area contributed by atoms with Crippen molar-refractivity contribution >= 4 is 22.3 Å². The van der Waals surface area contributed by atoms with Crippen molar-refractivity contribution in [1.29, 1.82) is 0 Å². The van der Waals surface area contributed by atoms with Gasteiger partial charge in [-0.05, 0) is 23.3 Å². The molecule has 6 heteroatoms. The van der Waals surface area contributed by atoms with Crippen molar-refractivity contribution in [1.82, 2.24) is 0 Å². The summed E-state index contributed by atoms with van der Waals surface area (Å²) < 4.78 is 30.6. The van der Waals surface area contributed by atoms with Crippen LogP contribution in [-0.4, -0.2) is 8.42 Å². The number of hydrogen-bond acceptors (Lipinski definition) is 4. The van der Waals surface area contributed by atoms with Gasteiger partial charge in [0.25, 0.3) is 0 Å². The first kappa shape index (κ1) is 15.8. The predicted molar refractivity (Wildman–Crippen MR) is 81.5 cm³/mol. The molecule has 0 radical (unpaired) electrons. The average Bonchev–Trinajstić information content (AvgIpc) is 2.48. The van der Waals surface area contributed by atoms with E-state index in [1.807, 2.05) is 30.3 Å². The summed E-state index contributed by atoms with van der Waals surface area (Å²) in [4.78, 5) is 0. The summed E-state index contributed by atoms with van der Waals surface area (Å²) in [5, 5.41) is 0. The highest BCUT2D eigenvalue weighted by atomic mass is 35.5. The molecule has 2 rings (SSSR count). The molecule has 0 aromatic heterocycles. The van der Waals surface area contributed by atoms with E-state index in [4.69, 9.17) is 11.9 Å². The van der Waals surface area contributed by atoms with Gasteiger partial charge in [0.2, 0.25) is 0 Å². The molecule has 21 heavy (non-hydrogen) atoms. The van der Waals surface area contributed by atoms with Crippen molar-refractivity contribution in [2.75, 3.05) is 0 Å². The molecule has 112 valence electrons. The molecule has 2 aromatic rings.